The SMILES string of the molecule is CN1CCN(C2Cc3ccccc3Sc3ccc(S(C)=O)cc32)CC1. The van der Waals surface area contributed by atoms with E-state index in [9.17, 15) is 4.21 Å². The predicted molar refractivity (Wildman–Crippen MR) is 105 cm³/mol. The summed E-state index contributed by atoms with van der Waals surface area (Å²) >= 11 is 1.86. The van der Waals surface area contributed by atoms with E-state index in [-0.39, 0.29) is 0 Å². The second-order valence-corrected chi connectivity index (χ2v) is 9.39. The number of nitrogens with zero attached hydrogens (tertiary/aromatic N) is 2. The van der Waals surface area contributed by atoms with Crippen LogP contribution in [-0.2, 0) is 17.2 Å². The number of likely N-dealkylation sites (N-methyl/N-ethyl adjacent to an activating group) is 1. The zero-order valence-corrected chi connectivity index (χ0v) is 16.4. The lowest BCUT2D eigenvalue weighted by molar-refractivity contribution is 0.109. The molecule has 1 saturated heterocycles. The van der Waals surface area contributed by atoms with Crippen molar-refractivity contribution in [1.82, 2.24) is 9.80 Å². The molecule has 2 aliphatic rings. The molecule has 2 aromatic carbocycles. The first kappa shape index (κ1) is 17.3. The van der Waals surface area contributed by atoms with Crippen LogP contribution in [0.3, 0.4) is 0 Å². The van der Waals surface area contributed by atoms with E-state index in [4.69, 9.17) is 0 Å². The van der Waals surface area contributed by atoms with Gasteiger partial charge < -0.3 is 4.90 Å². The first-order valence-electron chi connectivity index (χ1n) is 8.77. The van der Waals surface area contributed by atoms with Crippen molar-refractivity contribution in [2.45, 2.75) is 27.1 Å². The maximum atomic E-state index is 12.0. The van der Waals surface area contributed by atoms with Crippen LogP contribution < -0.4 is 0 Å². The van der Waals surface area contributed by atoms with Crippen LogP contribution in [0.25, 0.3) is 0 Å². The third-order valence-electron chi connectivity index (χ3n) is 5.26. The van der Waals surface area contributed by atoms with Crippen molar-refractivity contribution >= 4 is 22.6 Å². The van der Waals surface area contributed by atoms with Gasteiger partial charge in [0.25, 0.3) is 0 Å². The Kier molecular flexibility index (Phi) is 5.00. The summed E-state index contributed by atoms with van der Waals surface area (Å²) in [6.07, 6.45) is 2.80. The molecule has 2 aliphatic heterocycles. The van der Waals surface area contributed by atoms with E-state index in [2.05, 4.69) is 53.2 Å². The van der Waals surface area contributed by atoms with Gasteiger partial charge in [-0.15, -0.1) is 0 Å². The Morgan fingerprint density at radius 3 is 2.56 bits per heavy atom. The fraction of sp³-hybridized carbons (Fsp3) is 0.400. The number of fused-ring (bicyclic) bond motifs is 2. The summed E-state index contributed by atoms with van der Waals surface area (Å²) in [7, 11) is 1.25. The normalized spacial score (nSPS) is 22.7. The lowest BCUT2D eigenvalue weighted by atomic mass is 9.96. The second kappa shape index (κ2) is 7.23. The van der Waals surface area contributed by atoms with Crippen molar-refractivity contribution in [2.24, 2.45) is 0 Å². The number of rotatable bonds is 2. The summed E-state index contributed by atoms with van der Waals surface area (Å²) in [6.45, 7) is 4.40. The van der Waals surface area contributed by atoms with Crippen LogP contribution >= 0.6 is 11.8 Å². The van der Waals surface area contributed by atoms with Crippen LogP contribution in [0.1, 0.15) is 17.2 Å². The number of hydrogen-bond donors (Lipinski definition) is 0. The molecule has 132 valence electrons. The fourth-order valence-corrected chi connectivity index (χ4v) is 5.39. The maximum Gasteiger partial charge on any atom is 0.0498 e. The van der Waals surface area contributed by atoms with E-state index in [1.54, 1.807) is 6.26 Å². The number of benzene rings is 2. The molecule has 5 heteroatoms. The third-order valence-corrected chi connectivity index (χ3v) is 7.38. The first-order valence-corrected chi connectivity index (χ1v) is 11.1. The zero-order chi connectivity index (χ0) is 17.4. The Morgan fingerprint density at radius 2 is 1.80 bits per heavy atom. The zero-order valence-electron chi connectivity index (χ0n) is 14.8. The highest BCUT2D eigenvalue weighted by molar-refractivity contribution is 7.99. The van der Waals surface area contributed by atoms with E-state index in [0.29, 0.717) is 6.04 Å². The minimum absolute atomic E-state index is 0.364. The van der Waals surface area contributed by atoms with Gasteiger partial charge in [0.2, 0.25) is 0 Å². The van der Waals surface area contributed by atoms with Crippen molar-refractivity contribution in [1.29, 1.82) is 0 Å². The van der Waals surface area contributed by atoms with E-state index >= 15 is 0 Å². The molecular formula is C20H24N2OS2. The largest absolute Gasteiger partial charge is 0.304 e. The standard InChI is InChI=1S/C20H24N2OS2/c1-21-9-11-22(12-10-21)18-13-15-5-3-4-6-19(15)24-20-8-7-16(25(2)23)14-17(18)20/h3-8,14,18H,9-13H2,1-2H3. The van der Waals surface area contributed by atoms with Crippen LogP contribution in [0.15, 0.2) is 57.2 Å². The molecule has 1 fully saturated rings. The molecular weight excluding hydrogens is 348 g/mol. The third kappa shape index (κ3) is 3.56. The highest BCUT2D eigenvalue weighted by Crippen LogP contribution is 2.43. The average Bonchev–Trinajstić information content (AvgIpc) is 2.78. The van der Waals surface area contributed by atoms with Crippen LogP contribution in [0, 0.1) is 0 Å². The Morgan fingerprint density at radius 1 is 1.04 bits per heavy atom. The Hall–Kier alpha value is -1.14. The summed E-state index contributed by atoms with van der Waals surface area (Å²) in [5, 5.41) is 0. The van der Waals surface area contributed by atoms with Crippen LogP contribution in [-0.4, -0.2) is 53.5 Å². The Labute approximate surface area is 156 Å². The molecule has 0 amide bonds. The molecule has 2 heterocycles. The molecule has 2 unspecified atom stereocenters. The van der Waals surface area contributed by atoms with Gasteiger partial charge >= 0.3 is 0 Å². The molecule has 25 heavy (non-hydrogen) atoms. The molecule has 2 aromatic rings. The van der Waals surface area contributed by atoms with Crippen molar-refractivity contribution in [3.63, 3.8) is 0 Å². The lowest BCUT2D eigenvalue weighted by Gasteiger charge is -2.38. The van der Waals surface area contributed by atoms with Gasteiger partial charge in [-0.25, -0.2) is 0 Å². The number of hydrogen-bond acceptors (Lipinski definition) is 4. The minimum atomic E-state index is -0.945. The smallest absolute Gasteiger partial charge is 0.0498 e. The predicted octanol–water partition coefficient (Wildman–Crippen LogP) is 3.42. The summed E-state index contributed by atoms with van der Waals surface area (Å²) in [5.74, 6) is 0. The molecule has 0 N–H and O–H groups in total. The number of piperazine rings is 1. The van der Waals surface area contributed by atoms with Gasteiger partial charge in [0, 0.05) is 64.0 Å². The van der Waals surface area contributed by atoms with Crippen LogP contribution in [0.4, 0.5) is 0 Å². The van der Waals surface area contributed by atoms with Gasteiger partial charge in [-0.2, -0.15) is 0 Å². The summed E-state index contributed by atoms with van der Waals surface area (Å²) in [6, 6.07) is 15.5. The summed E-state index contributed by atoms with van der Waals surface area (Å²) in [5.41, 5.74) is 2.77. The van der Waals surface area contributed by atoms with Crippen molar-refractivity contribution < 1.29 is 4.21 Å². The van der Waals surface area contributed by atoms with Gasteiger partial charge in [-0.3, -0.25) is 9.11 Å². The highest BCUT2D eigenvalue weighted by Gasteiger charge is 2.29. The van der Waals surface area contributed by atoms with Gasteiger partial charge in [0.05, 0.1) is 0 Å². The molecule has 0 saturated carbocycles. The van der Waals surface area contributed by atoms with Gasteiger partial charge in [0.1, 0.15) is 0 Å². The first-order chi connectivity index (χ1) is 12.1. The molecule has 0 aromatic heterocycles. The van der Waals surface area contributed by atoms with Crippen LogP contribution in [0.5, 0.6) is 0 Å². The molecule has 2 atom stereocenters. The molecule has 0 spiro atoms. The van der Waals surface area contributed by atoms with Crippen molar-refractivity contribution in [2.75, 3.05) is 39.5 Å². The quantitative estimate of drug-likeness (QED) is 0.806. The second-order valence-electron chi connectivity index (χ2n) is 6.92. The van der Waals surface area contributed by atoms with E-state index < -0.39 is 10.8 Å². The summed E-state index contributed by atoms with van der Waals surface area (Å²) < 4.78 is 12.0. The molecule has 0 bridgehead atoms. The topological polar surface area (TPSA) is 23.6 Å². The van der Waals surface area contributed by atoms with E-state index in [0.717, 1.165) is 37.5 Å². The summed E-state index contributed by atoms with van der Waals surface area (Å²) in [4.78, 5) is 8.61. The minimum Gasteiger partial charge on any atom is -0.304 e. The van der Waals surface area contributed by atoms with Crippen molar-refractivity contribution in [3.05, 3.63) is 53.6 Å². The lowest BCUT2D eigenvalue weighted by Crippen LogP contribution is -2.46. The average molecular weight is 373 g/mol. The maximum absolute atomic E-state index is 12.0. The molecule has 0 aliphatic carbocycles. The Balaban J connectivity index is 1.78. The van der Waals surface area contributed by atoms with Crippen LogP contribution in [0.2, 0.25) is 0 Å². The monoisotopic (exact) mass is 372 g/mol. The molecule has 4 rings (SSSR count). The van der Waals surface area contributed by atoms with Gasteiger partial charge in [-0.05, 0) is 48.9 Å². The van der Waals surface area contributed by atoms with E-state index in [1.807, 2.05) is 17.8 Å². The molecule has 3 nitrogen and oxygen atoms in total. The van der Waals surface area contributed by atoms with Gasteiger partial charge in [0.15, 0.2) is 0 Å². The fourth-order valence-electron chi connectivity index (χ4n) is 3.73. The van der Waals surface area contributed by atoms with E-state index in [1.165, 1.54) is 20.9 Å². The van der Waals surface area contributed by atoms with Gasteiger partial charge in [-0.1, -0.05) is 30.0 Å². The van der Waals surface area contributed by atoms with Crippen molar-refractivity contribution in [3.8, 4) is 0 Å². The Bertz CT molecular complexity index is 800. The highest BCUT2D eigenvalue weighted by atomic mass is 32.2. The molecule has 0 radical (unpaired) electrons.